The minimum absolute atomic E-state index is 0.0229. The molecule has 1 atom stereocenters. The third-order valence-corrected chi connectivity index (χ3v) is 8.09. The standard InChI is InChI=1S/C25H34N4O4S/c1-7-28(8-2)21-9-11-23(17(3)13-21)26-25(31)16-27(6)34(32,33)22-10-12-24-20(15-22)14-18(4)29(24)19(5)30/h9-13,15,18H,7-8,14,16H2,1-6H3,(H,26,31)/t18-/m1/s1. The zero-order valence-corrected chi connectivity index (χ0v) is 21.6. The van der Waals surface area contributed by atoms with Crippen LogP contribution in [0.3, 0.4) is 0 Å². The second kappa shape index (κ2) is 10.1. The van der Waals surface area contributed by atoms with Crippen LogP contribution in [-0.4, -0.2) is 57.3 Å². The minimum atomic E-state index is -3.88. The Balaban J connectivity index is 1.72. The quantitative estimate of drug-likeness (QED) is 0.618. The van der Waals surface area contributed by atoms with Gasteiger partial charge in [0.25, 0.3) is 0 Å². The lowest BCUT2D eigenvalue weighted by Crippen LogP contribution is -2.35. The average molecular weight is 487 g/mol. The van der Waals surface area contributed by atoms with Gasteiger partial charge in [0.1, 0.15) is 0 Å². The molecule has 1 heterocycles. The lowest BCUT2D eigenvalue weighted by Gasteiger charge is -2.22. The second-order valence-corrected chi connectivity index (χ2v) is 10.8. The van der Waals surface area contributed by atoms with E-state index in [1.54, 1.807) is 17.0 Å². The number of carbonyl (C=O) groups is 2. The predicted molar refractivity (Wildman–Crippen MR) is 136 cm³/mol. The van der Waals surface area contributed by atoms with Crippen LogP contribution in [0.4, 0.5) is 17.1 Å². The van der Waals surface area contributed by atoms with Crippen LogP contribution >= 0.6 is 0 Å². The molecule has 1 N–H and O–H groups in total. The Kier molecular flexibility index (Phi) is 7.67. The maximum absolute atomic E-state index is 13.1. The van der Waals surface area contributed by atoms with Crippen LogP contribution in [0.25, 0.3) is 0 Å². The van der Waals surface area contributed by atoms with Gasteiger partial charge >= 0.3 is 0 Å². The van der Waals surface area contributed by atoms with E-state index in [-0.39, 0.29) is 23.4 Å². The molecule has 2 aromatic rings. The van der Waals surface area contributed by atoms with E-state index in [1.807, 2.05) is 32.0 Å². The number of amides is 2. The maximum atomic E-state index is 13.1. The Morgan fingerprint density at radius 2 is 1.79 bits per heavy atom. The number of sulfonamides is 1. The molecule has 2 aromatic carbocycles. The molecule has 3 rings (SSSR count). The first kappa shape index (κ1) is 25.7. The Labute approximate surface area is 202 Å². The number of hydrogen-bond donors (Lipinski definition) is 1. The van der Waals surface area contributed by atoms with Crippen molar-refractivity contribution < 1.29 is 18.0 Å². The molecule has 184 valence electrons. The van der Waals surface area contributed by atoms with Crippen molar-refractivity contribution in [1.82, 2.24) is 4.31 Å². The lowest BCUT2D eigenvalue weighted by atomic mass is 10.1. The molecule has 1 aliphatic heterocycles. The number of aryl methyl sites for hydroxylation is 1. The molecule has 0 fully saturated rings. The van der Waals surface area contributed by atoms with E-state index in [0.29, 0.717) is 12.1 Å². The molecule has 1 aliphatic rings. The molecule has 9 heteroatoms. The fraction of sp³-hybridized carbons (Fsp3) is 0.440. The van der Waals surface area contributed by atoms with E-state index in [1.165, 1.54) is 20.0 Å². The van der Waals surface area contributed by atoms with Crippen LogP contribution in [0.5, 0.6) is 0 Å². The van der Waals surface area contributed by atoms with Crippen LogP contribution in [-0.2, 0) is 26.0 Å². The SMILES string of the molecule is CCN(CC)c1ccc(NC(=O)CN(C)S(=O)(=O)c2ccc3c(c2)C[C@@H](C)N3C(C)=O)c(C)c1. The fourth-order valence-corrected chi connectivity index (χ4v) is 5.66. The second-order valence-electron chi connectivity index (χ2n) is 8.71. The third kappa shape index (κ3) is 5.10. The van der Waals surface area contributed by atoms with Crippen molar-refractivity contribution in [2.45, 2.75) is 52.0 Å². The molecule has 0 saturated heterocycles. The minimum Gasteiger partial charge on any atom is -0.372 e. The molecule has 0 unspecified atom stereocenters. The number of hydrogen-bond acceptors (Lipinski definition) is 5. The predicted octanol–water partition coefficient (Wildman–Crippen LogP) is 3.40. The molecule has 8 nitrogen and oxygen atoms in total. The summed E-state index contributed by atoms with van der Waals surface area (Å²) < 4.78 is 27.3. The van der Waals surface area contributed by atoms with E-state index >= 15 is 0 Å². The summed E-state index contributed by atoms with van der Waals surface area (Å²) in [5.41, 5.74) is 4.19. The number of carbonyl (C=O) groups excluding carboxylic acids is 2. The molecule has 0 aliphatic carbocycles. The van der Waals surface area contributed by atoms with Gasteiger partial charge in [0.2, 0.25) is 21.8 Å². The van der Waals surface area contributed by atoms with E-state index < -0.39 is 15.9 Å². The van der Waals surface area contributed by atoms with E-state index in [0.717, 1.165) is 39.9 Å². The highest BCUT2D eigenvalue weighted by Gasteiger charge is 2.31. The lowest BCUT2D eigenvalue weighted by molar-refractivity contribution is -0.117. The summed E-state index contributed by atoms with van der Waals surface area (Å²) in [4.78, 5) is 28.6. The molecule has 0 radical (unpaired) electrons. The summed E-state index contributed by atoms with van der Waals surface area (Å²) in [6, 6.07) is 10.6. The highest BCUT2D eigenvalue weighted by molar-refractivity contribution is 7.89. The van der Waals surface area contributed by atoms with E-state index in [4.69, 9.17) is 0 Å². The Morgan fingerprint density at radius 1 is 1.12 bits per heavy atom. The summed E-state index contributed by atoms with van der Waals surface area (Å²) in [5.74, 6) is -0.488. The van der Waals surface area contributed by atoms with Crippen LogP contribution in [0, 0.1) is 6.92 Å². The summed E-state index contributed by atoms with van der Waals surface area (Å²) in [5, 5.41) is 2.82. The Hall–Kier alpha value is -2.91. The Morgan fingerprint density at radius 3 is 2.38 bits per heavy atom. The molecule has 0 bridgehead atoms. The van der Waals surface area contributed by atoms with Gasteiger partial charge in [-0.3, -0.25) is 9.59 Å². The van der Waals surface area contributed by atoms with Gasteiger partial charge in [-0.1, -0.05) is 0 Å². The number of rotatable bonds is 8. The first-order chi connectivity index (χ1) is 16.0. The molecule has 0 saturated carbocycles. The number of nitrogens with zero attached hydrogens (tertiary/aromatic N) is 3. The number of fused-ring (bicyclic) bond motifs is 1. The van der Waals surface area contributed by atoms with Crippen LogP contribution in [0.1, 0.15) is 38.8 Å². The third-order valence-electron chi connectivity index (χ3n) is 6.29. The van der Waals surface area contributed by atoms with Gasteiger partial charge in [0, 0.05) is 50.2 Å². The van der Waals surface area contributed by atoms with Crippen LogP contribution < -0.4 is 15.1 Å². The Bertz CT molecular complexity index is 1190. The van der Waals surface area contributed by atoms with Crippen molar-refractivity contribution in [3.05, 3.63) is 47.5 Å². The van der Waals surface area contributed by atoms with Gasteiger partial charge in [-0.2, -0.15) is 4.31 Å². The van der Waals surface area contributed by atoms with Crippen molar-refractivity contribution in [3.63, 3.8) is 0 Å². The molecule has 2 amide bonds. The van der Waals surface area contributed by atoms with Gasteiger partial charge in [0.05, 0.1) is 11.4 Å². The zero-order chi connectivity index (χ0) is 25.2. The van der Waals surface area contributed by atoms with E-state index in [2.05, 4.69) is 24.1 Å². The summed E-state index contributed by atoms with van der Waals surface area (Å²) in [6.07, 6.45) is 0.589. The molecular weight excluding hydrogens is 452 g/mol. The number of likely N-dealkylation sites (N-methyl/N-ethyl adjacent to an activating group) is 1. The summed E-state index contributed by atoms with van der Waals surface area (Å²) >= 11 is 0. The highest BCUT2D eigenvalue weighted by Crippen LogP contribution is 2.34. The van der Waals surface area contributed by atoms with Crippen molar-refractivity contribution in [3.8, 4) is 0 Å². The highest BCUT2D eigenvalue weighted by atomic mass is 32.2. The van der Waals surface area contributed by atoms with Crippen molar-refractivity contribution in [2.75, 3.05) is 41.8 Å². The van der Waals surface area contributed by atoms with Gasteiger partial charge in [0.15, 0.2) is 0 Å². The maximum Gasteiger partial charge on any atom is 0.243 e. The number of nitrogens with one attached hydrogen (secondary N) is 1. The van der Waals surface area contributed by atoms with Gasteiger partial charge in [-0.25, -0.2) is 8.42 Å². The van der Waals surface area contributed by atoms with Crippen LogP contribution in [0.15, 0.2) is 41.3 Å². The average Bonchev–Trinajstić information content (AvgIpc) is 3.11. The number of benzene rings is 2. The zero-order valence-electron chi connectivity index (χ0n) is 20.8. The largest absolute Gasteiger partial charge is 0.372 e. The first-order valence-electron chi connectivity index (χ1n) is 11.5. The molecule has 0 spiro atoms. The van der Waals surface area contributed by atoms with E-state index in [9.17, 15) is 18.0 Å². The monoisotopic (exact) mass is 486 g/mol. The normalized spacial score (nSPS) is 15.4. The summed E-state index contributed by atoms with van der Waals surface area (Å²) in [7, 11) is -2.48. The topological polar surface area (TPSA) is 90.0 Å². The van der Waals surface area contributed by atoms with Gasteiger partial charge in [-0.05, 0) is 81.6 Å². The summed E-state index contributed by atoms with van der Waals surface area (Å²) in [6.45, 7) is 11.0. The van der Waals surface area contributed by atoms with Crippen molar-refractivity contribution in [2.24, 2.45) is 0 Å². The van der Waals surface area contributed by atoms with Gasteiger partial charge in [-0.15, -0.1) is 0 Å². The fourth-order valence-electron chi connectivity index (χ4n) is 4.48. The van der Waals surface area contributed by atoms with Crippen LogP contribution in [0.2, 0.25) is 0 Å². The number of anilines is 3. The van der Waals surface area contributed by atoms with Crippen molar-refractivity contribution in [1.29, 1.82) is 0 Å². The first-order valence-corrected chi connectivity index (χ1v) is 13.0. The van der Waals surface area contributed by atoms with Crippen molar-refractivity contribution >= 4 is 38.9 Å². The van der Waals surface area contributed by atoms with Gasteiger partial charge < -0.3 is 15.1 Å². The molecule has 34 heavy (non-hydrogen) atoms. The smallest absolute Gasteiger partial charge is 0.243 e. The molecule has 0 aromatic heterocycles. The molecular formula is C25H34N4O4S.